The van der Waals surface area contributed by atoms with E-state index in [9.17, 15) is 9.59 Å². The summed E-state index contributed by atoms with van der Waals surface area (Å²) in [6.45, 7) is 4.10. The number of aliphatic carboxylic acids is 1. The van der Waals surface area contributed by atoms with Gasteiger partial charge >= 0.3 is 5.97 Å². The average Bonchev–Trinajstić information content (AvgIpc) is 2.47. The molecular weight excluding hydrogens is 270 g/mol. The quantitative estimate of drug-likeness (QED) is 0.798. The van der Waals surface area contributed by atoms with Crippen LogP contribution in [0.15, 0.2) is 30.3 Å². The van der Waals surface area contributed by atoms with Gasteiger partial charge in [0.05, 0.1) is 12.5 Å². The van der Waals surface area contributed by atoms with Crippen molar-refractivity contribution in [1.29, 1.82) is 0 Å². The fourth-order valence-electron chi connectivity index (χ4n) is 1.95. The lowest BCUT2D eigenvalue weighted by atomic mass is 10.1. The average molecular weight is 293 g/mol. The number of hydrogen-bond donors (Lipinski definition) is 1. The predicted molar refractivity (Wildman–Crippen MR) is 80.2 cm³/mol. The lowest BCUT2D eigenvalue weighted by Gasteiger charge is -2.23. The molecule has 0 saturated carbocycles. The fourth-order valence-corrected chi connectivity index (χ4v) is 1.95. The van der Waals surface area contributed by atoms with Gasteiger partial charge in [0.2, 0.25) is 5.91 Å². The van der Waals surface area contributed by atoms with Crippen LogP contribution in [0.25, 0.3) is 0 Å². The molecule has 116 valence electrons. The van der Waals surface area contributed by atoms with E-state index in [1.54, 1.807) is 14.0 Å². The van der Waals surface area contributed by atoms with Crippen LogP contribution in [0.4, 0.5) is 0 Å². The first-order valence-electron chi connectivity index (χ1n) is 7.07. The number of carbonyl (C=O) groups excluding carboxylic acids is 1. The standard InChI is InChI=1S/C16H23NO4/c1-12(9-10-21-14-7-5-4-6-8-14)15(18)17(3)11-13(2)16(19)20/h4-8,12-13H,9-11H2,1-3H3,(H,19,20). The summed E-state index contributed by atoms with van der Waals surface area (Å²) in [6, 6.07) is 9.44. The van der Waals surface area contributed by atoms with Gasteiger partial charge in [-0.05, 0) is 18.6 Å². The van der Waals surface area contributed by atoms with E-state index in [-0.39, 0.29) is 18.4 Å². The normalized spacial score (nSPS) is 13.3. The van der Waals surface area contributed by atoms with Gasteiger partial charge in [-0.2, -0.15) is 0 Å². The van der Waals surface area contributed by atoms with Crippen LogP contribution in [-0.2, 0) is 9.59 Å². The SMILES string of the molecule is CC(CN(C)C(=O)C(C)CCOc1ccccc1)C(=O)O. The molecule has 1 N–H and O–H groups in total. The first kappa shape index (κ1) is 17.0. The van der Waals surface area contributed by atoms with Gasteiger partial charge in [-0.25, -0.2) is 0 Å². The van der Waals surface area contributed by atoms with Crippen LogP contribution in [0.5, 0.6) is 5.75 Å². The lowest BCUT2D eigenvalue weighted by Crippen LogP contribution is -2.37. The topological polar surface area (TPSA) is 66.8 Å². The highest BCUT2D eigenvalue weighted by Crippen LogP contribution is 2.12. The Hall–Kier alpha value is -2.04. The van der Waals surface area contributed by atoms with Gasteiger partial charge in [-0.3, -0.25) is 9.59 Å². The van der Waals surface area contributed by atoms with Gasteiger partial charge < -0.3 is 14.7 Å². The third-order valence-corrected chi connectivity index (χ3v) is 3.33. The molecule has 2 atom stereocenters. The Bertz CT molecular complexity index is 461. The Labute approximate surface area is 125 Å². The van der Waals surface area contributed by atoms with Crippen molar-refractivity contribution in [1.82, 2.24) is 4.90 Å². The van der Waals surface area contributed by atoms with Crippen LogP contribution < -0.4 is 4.74 Å². The molecule has 0 radical (unpaired) electrons. The highest BCUT2D eigenvalue weighted by Gasteiger charge is 2.21. The summed E-state index contributed by atoms with van der Waals surface area (Å²) in [7, 11) is 1.64. The van der Waals surface area contributed by atoms with Gasteiger partial charge in [-0.15, -0.1) is 0 Å². The van der Waals surface area contributed by atoms with Crippen molar-refractivity contribution in [3.05, 3.63) is 30.3 Å². The van der Waals surface area contributed by atoms with E-state index >= 15 is 0 Å². The van der Waals surface area contributed by atoms with Crippen molar-refractivity contribution in [3.63, 3.8) is 0 Å². The summed E-state index contributed by atoms with van der Waals surface area (Å²) in [5.41, 5.74) is 0. The Morgan fingerprint density at radius 3 is 2.38 bits per heavy atom. The number of para-hydroxylation sites is 1. The third kappa shape index (κ3) is 5.85. The molecule has 1 rings (SSSR count). The van der Waals surface area contributed by atoms with E-state index in [0.717, 1.165) is 5.75 Å². The van der Waals surface area contributed by atoms with Crippen molar-refractivity contribution < 1.29 is 19.4 Å². The van der Waals surface area contributed by atoms with Crippen LogP contribution in [0, 0.1) is 11.8 Å². The zero-order valence-electron chi connectivity index (χ0n) is 12.8. The molecule has 0 spiro atoms. The van der Waals surface area contributed by atoms with Gasteiger partial charge in [0, 0.05) is 19.5 Å². The predicted octanol–water partition coefficient (Wildman–Crippen LogP) is 2.27. The van der Waals surface area contributed by atoms with Gasteiger partial charge in [0.25, 0.3) is 0 Å². The second kappa shape index (κ2) is 8.29. The monoisotopic (exact) mass is 293 g/mol. The smallest absolute Gasteiger partial charge is 0.308 e. The van der Waals surface area contributed by atoms with Gasteiger partial charge in [-0.1, -0.05) is 32.0 Å². The molecule has 1 aromatic carbocycles. The lowest BCUT2D eigenvalue weighted by molar-refractivity contribution is -0.143. The molecule has 21 heavy (non-hydrogen) atoms. The molecule has 0 bridgehead atoms. The summed E-state index contributed by atoms with van der Waals surface area (Å²) >= 11 is 0. The minimum atomic E-state index is -0.894. The number of carboxylic acid groups (broad SMARTS) is 1. The van der Waals surface area contributed by atoms with E-state index in [0.29, 0.717) is 13.0 Å². The Morgan fingerprint density at radius 2 is 1.81 bits per heavy atom. The van der Waals surface area contributed by atoms with E-state index in [2.05, 4.69) is 0 Å². The summed E-state index contributed by atoms with van der Waals surface area (Å²) < 4.78 is 5.56. The van der Waals surface area contributed by atoms with Crippen LogP contribution in [0.1, 0.15) is 20.3 Å². The third-order valence-electron chi connectivity index (χ3n) is 3.33. The highest BCUT2D eigenvalue weighted by molar-refractivity contribution is 5.79. The number of rotatable bonds is 8. The maximum atomic E-state index is 12.1. The molecule has 0 aromatic heterocycles. The highest BCUT2D eigenvalue weighted by atomic mass is 16.5. The van der Waals surface area contributed by atoms with E-state index in [1.807, 2.05) is 37.3 Å². The minimum absolute atomic E-state index is 0.0558. The molecule has 5 nitrogen and oxygen atoms in total. The van der Waals surface area contributed by atoms with Crippen molar-refractivity contribution in [2.75, 3.05) is 20.2 Å². The van der Waals surface area contributed by atoms with E-state index in [1.165, 1.54) is 4.90 Å². The molecule has 0 fully saturated rings. The van der Waals surface area contributed by atoms with Crippen molar-refractivity contribution in [2.45, 2.75) is 20.3 Å². The van der Waals surface area contributed by atoms with Crippen LogP contribution in [0.3, 0.4) is 0 Å². The molecule has 0 aliphatic rings. The number of benzene rings is 1. The van der Waals surface area contributed by atoms with Crippen LogP contribution >= 0.6 is 0 Å². The van der Waals surface area contributed by atoms with Crippen LogP contribution in [0.2, 0.25) is 0 Å². The number of hydrogen-bond acceptors (Lipinski definition) is 3. The number of carbonyl (C=O) groups is 2. The Morgan fingerprint density at radius 1 is 1.19 bits per heavy atom. The van der Waals surface area contributed by atoms with E-state index < -0.39 is 11.9 Å². The maximum absolute atomic E-state index is 12.1. The van der Waals surface area contributed by atoms with Crippen molar-refractivity contribution in [2.24, 2.45) is 11.8 Å². The van der Waals surface area contributed by atoms with Gasteiger partial charge in [0.15, 0.2) is 0 Å². The Kier molecular flexibility index (Phi) is 6.72. The summed E-state index contributed by atoms with van der Waals surface area (Å²) in [5.74, 6) is -0.925. The van der Waals surface area contributed by atoms with Crippen LogP contribution in [-0.4, -0.2) is 42.1 Å². The molecule has 2 unspecified atom stereocenters. The first-order chi connectivity index (χ1) is 9.91. The summed E-state index contributed by atoms with van der Waals surface area (Å²) in [5, 5.41) is 8.86. The molecule has 1 aromatic rings. The van der Waals surface area contributed by atoms with Crippen molar-refractivity contribution >= 4 is 11.9 Å². The second-order valence-corrected chi connectivity index (χ2v) is 5.31. The number of nitrogens with zero attached hydrogens (tertiary/aromatic N) is 1. The maximum Gasteiger partial charge on any atom is 0.308 e. The van der Waals surface area contributed by atoms with Gasteiger partial charge in [0.1, 0.15) is 5.75 Å². The molecule has 0 saturated heterocycles. The first-order valence-corrected chi connectivity index (χ1v) is 7.07. The molecule has 0 heterocycles. The summed E-state index contributed by atoms with van der Waals surface area (Å²) in [6.07, 6.45) is 0.597. The minimum Gasteiger partial charge on any atom is -0.494 e. The largest absolute Gasteiger partial charge is 0.494 e. The molecule has 5 heteroatoms. The zero-order valence-corrected chi connectivity index (χ0v) is 12.8. The number of ether oxygens (including phenoxy) is 1. The second-order valence-electron chi connectivity index (χ2n) is 5.31. The Balaban J connectivity index is 2.35. The fraction of sp³-hybridized carbons (Fsp3) is 0.500. The van der Waals surface area contributed by atoms with Crippen molar-refractivity contribution in [3.8, 4) is 5.75 Å². The number of amides is 1. The zero-order chi connectivity index (χ0) is 15.8. The molecule has 0 aliphatic carbocycles. The molecular formula is C16H23NO4. The molecule has 0 aliphatic heterocycles. The summed E-state index contributed by atoms with van der Waals surface area (Å²) in [4.78, 5) is 24.4. The molecule has 1 amide bonds. The van der Waals surface area contributed by atoms with E-state index in [4.69, 9.17) is 9.84 Å². The number of carboxylic acids is 1.